The third-order valence-electron chi connectivity index (χ3n) is 3.40. The lowest BCUT2D eigenvalue weighted by atomic mass is 10.2. The zero-order valence-corrected chi connectivity index (χ0v) is 12.3. The first kappa shape index (κ1) is 13.3. The molecular formula is C14H21N3S. The van der Waals surface area contributed by atoms with Gasteiger partial charge in [0.25, 0.3) is 0 Å². The number of para-hydroxylation sites is 1. The highest BCUT2D eigenvalue weighted by Gasteiger charge is 2.12. The molecule has 98 valence electrons. The summed E-state index contributed by atoms with van der Waals surface area (Å²) in [7, 11) is 4.21. The Labute approximate surface area is 113 Å². The van der Waals surface area contributed by atoms with E-state index in [0.29, 0.717) is 6.04 Å². The average Bonchev–Trinajstić information content (AvgIpc) is 2.64. The van der Waals surface area contributed by atoms with E-state index in [1.807, 2.05) is 0 Å². The third kappa shape index (κ3) is 2.49. The number of benzene rings is 1. The van der Waals surface area contributed by atoms with E-state index >= 15 is 0 Å². The topological polar surface area (TPSA) is 24.0 Å². The van der Waals surface area contributed by atoms with E-state index in [0.717, 1.165) is 17.7 Å². The number of nitrogens with one attached hydrogen (secondary N) is 1. The summed E-state index contributed by atoms with van der Waals surface area (Å²) in [6.07, 6.45) is 1.10. The van der Waals surface area contributed by atoms with Crippen LogP contribution >= 0.6 is 12.2 Å². The largest absolute Gasteiger partial charge is 0.330 e. The fourth-order valence-electron chi connectivity index (χ4n) is 2.30. The Bertz CT molecular complexity index is 595. The third-order valence-corrected chi connectivity index (χ3v) is 3.69. The zero-order valence-electron chi connectivity index (χ0n) is 11.5. The Hall–Kier alpha value is -1.13. The van der Waals surface area contributed by atoms with Crippen molar-refractivity contribution in [2.75, 3.05) is 20.6 Å². The number of rotatable bonds is 4. The van der Waals surface area contributed by atoms with Gasteiger partial charge in [0.05, 0.1) is 11.0 Å². The van der Waals surface area contributed by atoms with Crippen molar-refractivity contribution in [1.82, 2.24) is 14.5 Å². The van der Waals surface area contributed by atoms with Crippen molar-refractivity contribution in [2.24, 2.45) is 0 Å². The van der Waals surface area contributed by atoms with Crippen LogP contribution < -0.4 is 0 Å². The van der Waals surface area contributed by atoms with Gasteiger partial charge in [0.2, 0.25) is 0 Å². The fourth-order valence-corrected chi connectivity index (χ4v) is 2.68. The van der Waals surface area contributed by atoms with Gasteiger partial charge in [-0.2, -0.15) is 0 Å². The average molecular weight is 263 g/mol. The quantitative estimate of drug-likeness (QED) is 0.853. The molecule has 0 bridgehead atoms. The van der Waals surface area contributed by atoms with E-state index < -0.39 is 0 Å². The highest BCUT2D eigenvalue weighted by molar-refractivity contribution is 7.71. The minimum atomic E-state index is 0.412. The van der Waals surface area contributed by atoms with Crippen LogP contribution in [-0.2, 0) is 0 Å². The molecule has 3 nitrogen and oxygen atoms in total. The lowest BCUT2D eigenvalue weighted by molar-refractivity contribution is 0.359. The predicted molar refractivity (Wildman–Crippen MR) is 79.7 cm³/mol. The summed E-state index contributed by atoms with van der Waals surface area (Å²) in [4.78, 5) is 5.54. The highest BCUT2D eigenvalue weighted by atomic mass is 32.1. The molecule has 0 spiro atoms. The van der Waals surface area contributed by atoms with Gasteiger partial charge in [0.15, 0.2) is 4.77 Å². The number of hydrogen-bond acceptors (Lipinski definition) is 2. The van der Waals surface area contributed by atoms with Crippen LogP contribution in [-0.4, -0.2) is 35.1 Å². The molecule has 0 aliphatic carbocycles. The number of H-pyrrole nitrogens is 1. The van der Waals surface area contributed by atoms with Gasteiger partial charge in [-0.05, 0) is 64.8 Å². The van der Waals surface area contributed by atoms with E-state index in [1.54, 1.807) is 0 Å². The standard InChI is InChI=1S/C14H21N3S/c1-10-6-5-7-12-13(10)15-14(18)17(12)11(2)8-9-16(3)4/h5-7,11H,8-9H2,1-4H3,(H,15,18). The summed E-state index contributed by atoms with van der Waals surface area (Å²) in [6, 6.07) is 6.76. The maximum Gasteiger partial charge on any atom is 0.178 e. The molecule has 0 aliphatic rings. The van der Waals surface area contributed by atoms with Crippen LogP contribution in [0.15, 0.2) is 18.2 Å². The van der Waals surface area contributed by atoms with Crippen LogP contribution in [0.5, 0.6) is 0 Å². The summed E-state index contributed by atoms with van der Waals surface area (Å²) in [5.74, 6) is 0. The molecule has 0 amide bonds. The minimum absolute atomic E-state index is 0.412. The molecule has 4 heteroatoms. The second kappa shape index (κ2) is 5.24. The minimum Gasteiger partial charge on any atom is -0.330 e. The first-order valence-corrected chi connectivity index (χ1v) is 6.76. The molecule has 1 heterocycles. The van der Waals surface area contributed by atoms with E-state index in [4.69, 9.17) is 12.2 Å². The van der Waals surface area contributed by atoms with Crippen LogP contribution in [0.1, 0.15) is 24.9 Å². The number of nitrogens with zero attached hydrogens (tertiary/aromatic N) is 2. The Morgan fingerprint density at radius 2 is 2.11 bits per heavy atom. The molecular weight excluding hydrogens is 242 g/mol. The summed E-state index contributed by atoms with van der Waals surface area (Å²) in [6.45, 7) is 5.42. The molecule has 0 fully saturated rings. The predicted octanol–water partition coefficient (Wildman–Crippen LogP) is 3.52. The summed E-state index contributed by atoms with van der Waals surface area (Å²) < 4.78 is 3.06. The van der Waals surface area contributed by atoms with Crippen molar-refractivity contribution in [3.8, 4) is 0 Å². The Kier molecular flexibility index (Phi) is 3.88. The molecule has 1 atom stereocenters. The molecule has 1 N–H and O–H groups in total. The molecule has 0 aliphatic heterocycles. The maximum atomic E-state index is 5.46. The van der Waals surface area contributed by atoms with Crippen LogP contribution in [0.2, 0.25) is 0 Å². The van der Waals surface area contributed by atoms with Gasteiger partial charge in [-0.3, -0.25) is 0 Å². The molecule has 0 radical (unpaired) electrons. The number of aromatic amines is 1. The number of hydrogen-bond donors (Lipinski definition) is 1. The second-order valence-electron chi connectivity index (χ2n) is 5.21. The van der Waals surface area contributed by atoms with Gasteiger partial charge < -0.3 is 14.5 Å². The first-order valence-electron chi connectivity index (χ1n) is 6.35. The van der Waals surface area contributed by atoms with Gasteiger partial charge in [0.1, 0.15) is 0 Å². The summed E-state index contributed by atoms with van der Waals surface area (Å²) in [5, 5.41) is 0. The van der Waals surface area contributed by atoms with Crippen LogP contribution in [0.4, 0.5) is 0 Å². The van der Waals surface area contributed by atoms with E-state index in [-0.39, 0.29) is 0 Å². The first-order chi connectivity index (χ1) is 8.50. The molecule has 1 aromatic carbocycles. The SMILES string of the molecule is Cc1cccc2c1[nH]c(=S)n2C(C)CCN(C)C. The molecule has 1 unspecified atom stereocenters. The summed E-state index contributed by atoms with van der Waals surface area (Å²) in [5.41, 5.74) is 3.63. The van der Waals surface area contributed by atoms with Crippen molar-refractivity contribution < 1.29 is 0 Å². The Morgan fingerprint density at radius 3 is 2.78 bits per heavy atom. The molecule has 2 aromatic rings. The van der Waals surface area contributed by atoms with E-state index in [2.05, 4.69) is 60.6 Å². The molecule has 0 saturated carbocycles. The van der Waals surface area contributed by atoms with Crippen LogP contribution in [0, 0.1) is 11.7 Å². The van der Waals surface area contributed by atoms with E-state index in [9.17, 15) is 0 Å². The van der Waals surface area contributed by atoms with Crippen molar-refractivity contribution in [3.05, 3.63) is 28.5 Å². The molecule has 1 aromatic heterocycles. The number of aromatic nitrogens is 2. The lowest BCUT2D eigenvalue weighted by Crippen LogP contribution is -2.17. The van der Waals surface area contributed by atoms with Crippen molar-refractivity contribution in [1.29, 1.82) is 0 Å². The normalized spacial score (nSPS) is 13.4. The number of fused-ring (bicyclic) bond motifs is 1. The van der Waals surface area contributed by atoms with Crippen molar-refractivity contribution in [2.45, 2.75) is 26.3 Å². The van der Waals surface area contributed by atoms with Gasteiger partial charge in [-0.25, -0.2) is 0 Å². The Morgan fingerprint density at radius 1 is 1.39 bits per heavy atom. The smallest absolute Gasteiger partial charge is 0.178 e. The van der Waals surface area contributed by atoms with Crippen LogP contribution in [0.3, 0.4) is 0 Å². The van der Waals surface area contributed by atoms with Gasteiger partial charge in [-0.15, -0.1) is 0 Å². The monoisotopic (exact) mass is 263 g/mol. The van der Waals surface area contributed by atoms with E-state index in [1.165, 1.54) is 16.6 Å². The van der Waals surface area contributed by atoms with Gasteiger partial charge >= 0.3 is 0 Å². The van der Waals surface area contributed by atoms with Crippen LogP contribution in [0.25, 0.3) is 11.0 Å². The fraction of sp³-hybridized carbons (Fsp3) is 0.500. The lowest BCUT2D eigenvalue weighted by Gasteiger charge is -2.17. The molecule has 2 rings (SSSR count). The molecule has 0 saturated heterocycles. The van der Waals surface area contributed by atoms with Crippen molar-refractivity contribution >= 4 is 23.3 Å². The number of aryl methyl sites for hydroxylation is 1. The Balaban J connectivity index is 2.41. The van der Waals surface area contributed by atoms with Gasteiger partial charge in [-0.1, -0.05) is 12.1 Å². The zero-order chi connectivity index (χ0) is 13.3. The maximum absolute atomic E-state index is 5.46. The number of imidazole rings is 1. The van der Waals surface area contributed by atoms with Crippen molar-refractivity contribution in [3.63, 3.8) is 0 Å². The summed E-state index contributed by atoms with van der Waals surface area (Å²) >= 11 is 5.46. The highest BCUT2D eigenvalue weighted by Crippen LogP contribution is 2.23. The second-order valence-corrected chi connectivity index (χ2v) is 5.60. The molecule has 18 heavy (non-hydrogen) atoms. The van der Waals surface area contributed by atoms with Gasteiger partial charge in [0, 0.05) is 6.04 Å².